The summed E-state index contributed by atoms with van der Waals surface area (Å²) in [6, 6.07) is 6.21. The van der Waals surface area contributed by atoms with Gasteiger partial charge in [-0.05, 0) is 18.2 Å². The zero-order chi connectivity index (χ0) is 15.2. The number of hydrogen-bond donors (Lipinski definition) is 1. The second-order valence-electron chi connectivity index (χ2n) is 4.74. The maximum Gasteiger partial charge on any atom is 0.248 e. The summed E-state index contributed by atoms with van der Waals surface area (Å²) in [4.78, 5) is 18.2. The molecular formula is C13H12N4O3S. The molecule has 0 saturated carbocycles. The molecule has 0 radical (unpaired) electrons. The first-order chi connectivity index (χ1) is 9.86. The van der Waals surface area contributed by atoms with Crippen LogP contribution >= 0.6 is 0 Å². The Labute approximate surface area is 120 Å². The van der Waals surface area contributed by atoms with Gasteiger partial charge in [0.05, 0.1) is 10.4 Å². The number of pyridine rings is 1. The summed E-state index contributed by atoms with van der Waals surface area (Å²) in [7, 11) is -1.78. The van der Waals surface area contributed by atoms with Crippen LogP contribution in [-0.4, -0.2) is 34.4 Å². The molecular weight excluding hydrogens is 292 g/mol. The number of fused-ring (bicyclic) bond motifs is 1. The lowest BCUT2D eigenvalue weighted by atomic mass is 10.1. The first-order valence-electron chi connectivity index (χ1n) is 6.08. The summed E-state index contributed by atoms with van der Waals surface area (Å²) < 4.78 is 25.6. The Hall–Kier alpha value is -2.48. The van der Waals surface area contributed by atoms with Gasteiger partial charge in [0.25, 0.3) is 0 Å². The average molecular weight is 304 g/mol. The fourth-order valence-electron chi connectivity index (χ4n) is 2.21. The Morgan fingerprint density at radius 1 is 1.24 bits per heavy atom. The second kappa shape index (κ2) is 4.52. The zero-order valence-electron chi connectivity index (χ0n) is 11.4. The SMILES string of the molecule is Cn1ncnc1-c1cc(S(C)(=O)=O)c2[nH]c(=O)ccc2c1. The number of hydrogen-bond acceptors (Lipinski definition) is 5. The van der Waals surface area contributed by atoms with Crippen LogP contribution in [0.25, 0.3) is 22.3 Å². The van der Waals surface area contributed by atoms with Crippen molar-refractivity contribution in [3.05, 3.63) is 40.9 Å². The van der Waals surface area contributed by atoms with Gasteiger partial charge in [-0.15, -0.1) is 0 Å². The molecule has 2 aromatic heterocycles. The van der Waals surface area contributed by atoms with Crippen molar-refractivity contribution in [1.82, 2.24) is 19.7 Å². The van der Waals surface area contributed by atoms with Crippen LogP contribution in [0.15, 0.2) is 40.3 Å². The molecule has 0 saturated heterocycles. The number of aromatic nitrogens is 4. The lowest BCUT2D eigenvalue weighted by molar-refractivity contribution is 0.602. The number of rotatable bonds is 2. The molecule has 3 aromatic rings. The number of nitrogens with zero attached hydrogens (tertiary/aromatic N) is 3. The van der Waals surface area contributed by atoms with Crippen molar-refractivity contribution in [3.63, 3.8) is 0 Å². The van der Waals surface area contributed by atoms with Crippen molar-refractivity contribution in [2.24, 2.45) is 7.05 Å². The van der Waals surface area contributed by atoms with Gasteiger partial charge in [-0.3, -0.25) is 4.79 Å². The van der Waals surface area contributed by atoms with Crippen molar-refractivity contribution in [1.29, 1.82) is 0 Å². The third-order valence-electron chi connectivity index (χ3n) is 3.16. The van der Waals surface area contributed by atoms with Gasteiger partial charge in [0.1, 0.15) is 6.33 Å². The van der Waals surface area contributed by atoms with Crippen LogP contribution < -0.4 is 5.56 Å². The standard InChI is InChI=1S/C13H12N4O3S/c1-17-13(14-7-15-17)9-5-8-3-4-11(18)16-12(8)10(6-9)21(2,19)20/h3-7H,1-2H3,(H,16,18). The molecule has 3 rings (SSSR count). The molecule has 21 heavy (non-hydrogen) atoms. The minimum atomic E-state index is -3.50. The monoisotopic (exact) mass is 304 g/mol. The molecule has 0 aliphatic heterocycles. The Morgan fingerprint density at radius 2 is 2.00 bits per heavy atom. The lowest BCUT2D eigenvalue weighted by Gasteiger charge is -2.08. The number of sulfone groups is 1. The van der Waals surface area contributed by atoms with E-state index in [1.165, 1.54) is 18.5 Å². The number of aryl methyl sites for hydroxylation is 1. The van der Waals surface area contributed by atoms with Gasteiger partial charge in [0.15, 0.2) is 15.7 Å². The van der Waals surface area contributed by atoms with Gasteiger partial charge < -0.3 is 4.98 Å². The van der Waals surface area contributed by atoms with Gasteiger partial charge in [0.2, 0.25) is 5.56 Å². The molecule has 108 valence electrons. The van der Waals surface area contributed by atoms with Gasteiger partial charge in [-0.2, -0.15) is 5.10 Å². The smallest absolute Gasteiger partial charge is 0.248 e. The van der Waals surface area contributed by atoms with Gasteiger partial charge in [0, 0.05) is 30.3 Å². The highest BCUT2D eigenvalue weighted by Crippen LogP contribution is 2.27. The van der Waals surface area contributed by atoms with Crippen LogP contribution in [0.1, 0.15) is 0 Å². The summed E-state index contributed by atoms with van der Waals surface area (Å²) in [5.41, 5.74) is 0.574. The van der Waals surface area contributed by atoms with E-state index in [1.54, 1.807) is 23.9 Å². The third-order valence-corrected chi connectivity index (χ3v) is 4.29. The molecule has 0 unspecified atom stereocenters. The summed E-state index contributed by atoms with van der Waals surface area (Å²) in [5, 5.41) is 4.60. The van der Waals surface area contributed by atoms with E-state index in [-0.39, 0.29) is 10.5 Å². The molecule has 0 bridgehead atoms. The number of aromatic amines is 1. The molecule has 0 aliphatic rings. The third kappa shape index (κ3) is 2.33. The fourth-order valence-corrected chi connectivity index (χ4v) is 3.09. The van der Waals surface area contributed by atoms with Crippen molar-refractivity contribution >= 4 is 20.7 Å². The highest BCUT2D eigenvalue weighted by Gasteiger charge is 2.16. The minimum absolute atomic E-state index is 0.0655. The quantitative estimate of drug-likeness (QED) is 0.752. The van der Waals surface area contributed by atoms with Crippen LogP contribution in [0, 0.1) is 0 Å². The van der Waals surface area contributed by atoms with E-state index in [0.717, 1.165) is 6.26 Å². The van der Waals surface area contributed by atoms with Crippen LogP contribution in [0.2, 0.25) is 0 Å². The molecule has 8 heteroatoms. The van der Waals surface area contributed by atoms with E-state index in [4.69, 9.17) is 0 Å². The van der Waals surface area contributed by atoms with Crippen LogP contribution in [0.3, 0.4) is 0 Å². The minimum Gasteiger partial charge on any atom is -0.321 e. The molecule has 1 aromatic carbocycles. The molecule has 0 fully saturated rings. The van der Waals surface area contributed by atoms with E-state index < -0.39 is 9.84 Å². The van der Waals surface area contributed by atoms with Crippen molar-refractivity contribution < 1.29 is 8.42 Å². The Kier molecular flexibility index (Phi) is 2.91. The van der Waals surface area contributed by atoms with Gasteiger partial charge in [-0.1, -0.05) is 0 Å². The van der Waals surface area contributed by atoms with Gasteiger partial charge >= 0.3 is 0 Å². The van der Waals surface area contributed by atoms with E-state index in [1.807, 2.05) is 0 Å². The van der Waals surface area contributed by atoms with E-state index in [0.29, 0.717) is 22.3 Å². The van der Waals surface area contributed by atoms with E-state index >= 15 is 0 Å². The normalized spacial score (nSPS) is 11.9. The molecule has 0 spiro atoms. The largest absolute Gasteiger partial charge is 0.321 e. The average Bonchev–Trinajstić information content (AvgIpc) is 2.82. The molecule has 7 nitrogen and oxygen atoms in total. The molecule has 0 atom stereocenters. The first-order valence-corrected chi connectivity index (χ1v) is 7.97. The van der Waals surface area contributed by atoms with Gasteiger partial charge in [-0.25, -0.2) is 18.1 Å². The maximum absolute atomic E-state index is 12.0. The van der Waals surface area contributed by atoms with Crippen molar-refractivity contribution in [2.45, 2.75) is 4.90 Å². The molecule has 1 N–H and O–H groups in total. The maximum atomic E-state index is 12.0. The molecule has 2 heterocycles. The summed E-state index contributed by atoms with van der Waals surface area (Å²) >= 11 is 0. The number of nitrogens with one attached hydrogen (secondary N) is 1. The van der Waals surface area contributed by atoms with Crippen LogP contribution in [0.5, 0.6) is 0 Å². The zero-order valence-corrected chi connectivity index (χ0v) is 12.2. The fraction of sp³-hybridized carbons (Fsp3) is 0.154. The van der Waals surface area contributed by atoms with Crippen molar-refractivity contribution in [3.8, 4) is 11.4 Å². The summed E-state index contributed by atoms with van der Waals surface area (Å²) in [6.07, 6.45) is 2.50. The number of benzene rings is 1. The van der Waals surface area contributed by atoms with Crippen LogP contribution in [-0.2, 0) is 16.9 Å². The predicted molar refractivity (Wildman–Crippen MR) is 77.7 cm³/mol. The molecule has 0 aliphatic carbocycles. The first kappa shape index (κ1) is 13.5. The number of H-pyrrole nitrogens is 1. The van der Waals surface area contributed by atoms with E-state index in [9.17, 15) is 13.2 Å². The summed E-state index contributed by atoms with van der Waals surface area (Å²) in [6.45, 7) is 0. The Morgan fingerprint density at radius 3 is 2.62 bits per heavy atom. The Bertz CT molecular complexity index is 1000. The summed E-state index contributed by atoms with van der Waals surface area (Å²) in [5.74, 6) is 0.549. The lowest BCUT2D eigenvalue weighted by Crippen LogP contribution is -2.07. The van der Waals surface area contributed by atoms with E-state index in [2.05, 4.69) is 15.1 Å². The van der Waals surface area contributed by atoms with Crippen LogP contribution in [0.4, 0.5) is 0 Å². The highest BCUT2D eigenvalue weighted by atomic mass is 32.2. The Balaban J connectivity index is 2.44. The predicted octanol–water partition coefficient (Wildman–Crippen LogP) is 0.727. The second-order valence-corrected chi connectivity index (χ2v) is 6.72. The topological polar surface area (TPSA) is 97.7 Å². The molecule has 0 amide bonds. The van der Waals surface area contributed by atoms with Crippen molar-refractivity contribution in [2.75, 3.05) is 6.26 Å². The highest BCUT2D eigenvalue weighted by molar-refractivity contribution is 7.91.